The molecule has 1 heterocycles. The summed E-state index contributed by atoms with van der Waals surface area (Å²) in [4.78, 5) is 13.7. The lowest BCUT2D eigenvalue weighted by Gasteiger charge is -2.17. The minimum atomic E-state index is -0.141. The molecule has 3 aromatic rings. The molecular weight excluding hydrogens is 394 g/mol. The fourth-order valence-electron chi connectivity index (χ4n) is 2.61. The second kappa shape index (κ2) is 8.23. The first kappa shape index (κ1) is 18.3. The monoisotopic (exact) mass is 413 g/mol. The molecule has 0 fully saturated rings. The van der Waals surface area contributed by atoms with Crippen LogP contribution in [-0.4, -0.2) is 26.1 Å². The number of halogens is 1. The summed E-state index contributed by atoms with van der Waals surface area (Å²) in [6, 6.07) is 15.8. The predicted molar refractivity (Wildman–Crippen MR) is 103 cm³/mol. The van der Waals surface area contributed by atoms with Crippen LogP contribution in [0.25, 0.3) is 11.4 Å². The maximum absolute atomic E-state index is 12.4. The van der Waals surface area contributed by atoms with Crippen LogP contribution in [0.2, 0.25) is 0 Å². The van der Waals surface area contributed by atoms with Crippen molar-refractivity contribution in [3.05, 3.63) is 64.1 Å². The molecule has 1 atom stereocenters. The Morgan fingerprint density at radius 2 is 1.85 bits per heavy atom. The van der Waals surface area contributed by atoms with Crippen molar-refractivity contribution in [2.75, 3.05) is 0 Å². The summed E-state index contributed by atoms with van der Waals surface area (Å²) in [5.74, 6) is 0.355. The smallest absolute Gasteiger partial charge is 0.244 e. The zero-order valence-corrected chi connectivity index (χ0v) is 16.3. The van der Waals surface area contributed by atoms with E-state index in [4.69, 9.17) is 0 Å². The van der Waals surface area contributed by atoms with E-state index in [0.29, 0.717) is 5.82 Å². The van der Waals surface area contributed by atoms with Crippen LogP contribution >= 0.6 is 15.9 Å². The Hall–Kier alpha value is -2.54. The van der Waals surface area contributed by atoms with Gasteiger partial charge in [-0.25, -0.2) is 0 Å². The van der Waals surface area contributed by atoms with Gasteiger partial charge < -0.3 is 5.32 Å². The molecule has 7 heteroatoms. The first-order valence-electron chi connectivity index (χ1n) is 8.45. The Bertz CT molecular complexity index is 874. The Balaban J connectivity index is 1.64. The third kappa shape index (κ3) is 4.54. The number of nitrogens with one attached hydrogen (secondary N) is 1. The number of nitrogens with zero attached hydrogens (tertiary/aromatic N) is 4. The van der Waals surface area contributed by atoms with E-state index in [-0.39, 0.29) is 18.5 Å². The van der Waals surface area contributed by atoms with Crippen molar-refractivity contribution in [1.82, 2.24) is 25.5 Å². The van der Waals surface area contributed by atoms with Crippen LogP contribution in [0.4, 0.5) is 0 Å². The standard InChI is InChI=1S/C19H20BrN5O/c1-3-17(14-6-4-13(2)5-7-14)21-18(26)12-25-23-19(22-24-25)15-8-10-16(20)11-9-15/h4-11,17H,3,12H2,1-2H3,(H,21,26)/t17-/m0/s1. The number of hydrogen-bond acceptors (Lipinski definition) is 4. The number of tetrazole rings is 1. The lowest BCUT2D eigenvalue weighted by Crippen LogP contribution is -2.32. The lowest BCUT2D eigenvalue weighted by molar-refractivity contribution is -0.122. The molecule has 0 spiro atoms. The fourth-order valence-corrected chi connectivity index (χ4v) is 2.88. The molecule has 0 bridgehead atoms. The molecule has 0 radical (unpaired) electrons. The van der Waals surface area contributed by atoms with Crippen molar-refractivity contribution in [3.63, 3.8) is 0 Å². The van der Waals surface area contributed by atoms with Gasteiger partial charge in [0.2, 0.25) is 11.7 Å². The van der Waals surface area contributed by atoms with Gasteiger partial charge >= 0.3 is 0 Å². The number of hydrogen-bond donors (Lipinski definition) is 1. The quantitative estimate of drug-likeness (QED) is 0.668. The van der Waals surface area contributed by atoms with Crippen LogP contribution in [0.3, 0.4) is 0 Å². The lowest BCUT2D eigenvalue weighted by atomic mass is 10.0. The Kier molecular flexibility index (Phi) is 5.78. The number of rotatable bonds is 6. The van der Waals surface area contributed by atoms with Crippen LogP contribution in [0.5, 0.6) is 0 Å². The molecule has 0 aliphatic carbocycles. The Morgan fingerprint density at radius 1 is 1.15 bits per heavy atom. The molecular formula is C19H20BrN5O. The van der Waals surface area contributed by atoms with Crippen molar-refractivity contribution in [1.29, 1.82) is 0 Å². The topological polar surface area (TPSA) is 72.7 Å². The summed E-state index contributed by atoms with van der Waals surface area (Å²) in [5, 5.41) is 15.3. The van der Waals surface area contributed by atoms with Gasteiger partial charge in [0.1, 0.15) is 6.54 Å². The fraction of sp³-hybridized carbons (Fsp3) is 0.263. The number of aromatic nitrogens is 4. The molecule has 1 aromatic heterocycles. The van der Waals surface area contributed by atoms with Crippen molar-refractivity contribution in [2.45, 2.75) is 32.9 Å². The maximum atomic E-state index is 12.4. The highest BCUT2D eigenvalue weighted by atomic mass is 79.9. The van der Waals surface area contributed by atoms with E-state index in [1.807, 2.05) is 62.4 Å². The zero-order chi connectivity index (χ0) is 18.5. The highest BCUT2D eigenvalue weighted by Gasteiger charge is 2.14. The average molecular weight is 414 g/mol. The van der Waals surface area contributed by atoms with Gasteiger partial charge in [-0.2, -0.15) is 4.80 Å². The normalized spacial score (nSPS) is 12.0. The molecule has 0 saturated carbocycles. The van der Waals surface area contributed by atoms with E-state index in [1.54, 1.807) is 0 Å². The third-order valence-corrected chi connectivity index (χ3v) is 4.59. The van der Waals surface area contributed by atoms with Gasteiger partial charge in [-0.3, -0.25) is 4.79 Å². The second-order valence-electron chi connectivity index (χ2n) is 6.09. The Morgan fingerprint density at radius 3 is 2.50 bits per heavy atom. The van der Waals surface area contributed by atoms with Gasteiger partial charge in [0, 0.05) is 10.0 Å². The van der Waals surface area contributed by atoms with Gasteiger partial charge in [0.25, 0.3) is 0 Å². The summed E-state index contributed by atoms with van der Waals surface area (Å²) < 4.78 is 0.981. The molecule has 0 saturated heterocycles. The highest BCUT2D eigenvalue weighted by molar-refractivity contribution is 9.10. The third-order valence-electron chi connectivity index (χ3n) is 4.06. The molecule has 1 N–H and O–H groups in total. The molecule has 0 unspecified atom stereocenters. The van der Waals surface area contributed by atoms with E-state index in [2.05, 4.69) is 36.7 Å². The number of carbonyl (C=O) groups is 1. The summed E-state index contributed by atoms with van der Waals surface area (Å²) in [5.41, 5.74) is 3.14. The predicted octanol–water partition coefficient (Wildman–Crippen LogP) is 3.68. The molecule has 134 valence electrons. The van der Waals surface area contributed by atoms with E-state index >= 15 is 0 Å². The number of aryl methyl sites for hydroxylation is 1. The molecule has 3 rings (SSSR count). The summed E-state index contributed by atoms with van der Waals surface area (Å²) >= 11 is 3.39. The number of amides is 1. The van der Waals surface area contributed by atoms with E-state index in [1.165, 1.54) is 10.4 Å². The molecule has 26 heavy (non-hydrogen) atoms. The van der Waals surface area contributed by atoms with Crippen molar-refractivity contribution < 1.29 is 4.79 Å². The molecule has 0 aliphatic rings. The van der Waals surface area contributed by atoms with Crippen LogP contribution < -0.4 is 5.32 Å². The average Bonchev–Trinajstić information content (AvgIpc) is 3.09. The molecule has 2 aromatic carbocycles. The first-order chi connectivity index (χ1) is 12.5. The van der Waals surface area contributed by atoms with Crippen LogP contribution in [-0.2, 0) is 11.3 Å². The summed E-state index contributed by atoms with van der Waals surface area (Å²) in [6.07, 6.45) is 0.809. The van der Waals surface area contributed by atoms with Gasteiger partial charge in [-0.1, -0.05) is 52.7 Å². The minimum absolute atomic E-state index is 0.0300. The Labute approximate surface area is 160 Å². The van der Waals surface area contributed by atoms with E-state index in [0.717, 1.165) is 22.0 Å². The number of carbonyl (C=O) groups excluding carboxylic acids is 1. The first-order valence-corrected chi connectivity index (χ1v) is 9.24. The van der Waals surface area contributed by atoms with Crippen LogP contribution in [0.1, 0.15) is 30.5 Å². The van der Waals surface area contributed by atoms with E-state index in [9.17, 15) is 4.79 Å². The minimum Gasteiger partial charge on any atom is -0.348 e. The maximum Gasteiger partial charge on any atom is 0.244 e. The van der Waals surface area contributed by atoms with Crippen molar-refractivity contribution >= 4 is 21.8 Å². The van der Waals surface area contributed by atoms with E-state index < -0.39 is 0 Å². The molecule has 0 aliphatic heterocycles. The van der Waals surface area contributed by atoms with Gasteiger partial charge in [0.05, 0.1) is 6.04 Å². The van der Waals surface area contributed by atoms with Crippen molar-refractivity contribution in [3.8, 4) is 11.4 Å². The largest absolute Gasteiger partial charge is 0.348 e. The molecule has 6 nitrogen and oxygen atoms in total. The highest BCUT2D eigenvalue weighted by Crippen LogP contribution is 2.18. The van der Waals surface area contributed by atoms with Crippen molar-refractivity contribution in [2.24, 2.45) is 0 Å². The van der Waals surface area contributed by atoms with Gasteiger partial charge in [-0.05, 0) is 48.4 Å². The number of benzene rings is 2. The van der Waals surface area contributed by atoms with Crippen LogP contribution in [0.15, 0.2) is 53.0 Å². The summed E-state index contributed by atoms with van der Waals surface area (Å²) in [6.45, 7) is 4.12. The SMILES string of the molecule is CC[C@H](NC(=O)Cn1nnc(-c2ccc(Br)cc2)n1)c1ccc(C)cc1. The molecule has 1 amide bonds. The zero-order valence-electron chi connectivity index (χ0n) is 14.7. The summed E-state index contributed by atoms with van der Waals surface area (Å²) in [7, 11) is 0. The van der Waals surface area contributed by atoms with Gasteiger partial charge in [-0.15, -0.1) is 10.2 Å². The van der Waals surface area contributed by atoms with Gasteiger partial charge in [0.15, 0.2) is 0 Å². The second-order valence-corrected chi connectivity index (χ2v) is 7.01. The van der Waals surface area contributed by atoms with Crippen LogP contribution in [0, 0.1) is 6.92 Å².